The van der Waals surface area contributed by atoms with Crippen molar-refractivity contribution in [1.29, 1.82) is 0 Å². The van der Waals surface area contributed by atoms with Crippen LogP contribution in [0.5, 0.6) is 0 Å². The molecule has 0 fully saturated rings. The number of benzene rings is 2. The molecule has 2 heterocycles. The summed E-state index contributed by atoms with van der Waals surface area (Å²) in [4.78, 5) is 34.0. The summed E-state index contributed by atoms with van der Waals surface area (Å²) in [6, 6.07) is 9.89. The van der Waals surface area contributed by atoms with Gasteiger partial charge < -0.3 is 14.6 Å². The van der Waals surface area contributed by atoms with E-state index in [1.54, 1.807) is 4.90 Å². The number of aromatic amines is 1. The van der Waals surface area contributed by atoms with Gasteiger partial charge in [0, 0.05) is 28.7 Å². The van der Waals surface area contributed by atoms with Crippen LogP contribution >= 0.6 is 0 Å². The van der Waals surface area contributed by atoms with Crippen molar-refractivity contribution in [3.8, 4) is 0 Å². The number of hydrogen-bond acceptors (Lipinski definition) is 3. The second kappa shape index (κ2) is 8.82. The van der Waals surface area contributed by atoms with Gasteiger partial charge >= 0.3 is 6.09 Å². The summed E-state index contributed by atoms with van der Waals surface area (Å²) in [5.41, 5.74) is 8.15. The lowest BCUT2D eigenvalue weighted by Gasteiger charge is -2.42. The molecule has 0 radical (unpaired) electrons. The third-order valence-corrected chi connectivity index (χ3v) is 7.43. The van der Waals surface area contributed by atoms with E-state index < -0.39 is 0 Å². The van der Waals surface area contributed by atoms with E-state index in [2.05, 4.69) is 11.1 Å². The van der Waals surface area contributed by atoms with Gasteiger partial charge in [0.05, 0.1) is 24.0 Å². The fourth-order valence-corrected chi connectivity index (χ4v) is 5.42. The van der Waals surface area contributed by atoms with Crippen molar-refractivity contribution in [2.75, 3.05) is 23.0 Å². The number of aryl methyl sites for hydroxylation is 4. The number of nitrogens with zero attached hydrogens (tertiary/aromatic N) is 2. The van der Waals surface area contributed by atoms with E-state index in [4.69, 9.17) is 4.74 Å². The molecular weight excluding hydrogens is 426 g/mol. The number of anilines is 2. The molecule has 34 heavy (non-hydrogen) atoms. The maximum Gasteiger partial charge on any atom is 0.414 e. The summed E-state index contributed by atoms with van der Waals surface area (Å²) in [6.07, 6.45) is 4.91. The first-order valence-electron chi connectivity index (χ1n) is 12.5. The molecule has 0 bridgehead atoms. The third-order valence-electron chi connectivity index (χ3n) is 7.43. The molecule has 1 aliphatic heterocycles. The van der Waals surface area contributed by atoms with Crippen molar-refractivity contribution in [3.05, 3.63) is 58.3 Å². The first kappa shape index (κ1) is 22.5. The number of nitrogens with one attached hydrogen (secondary N) is 1. The quantitative estimate of drug-likeness (QED) is 0.517. The highest BCUT2D eigenvalue weighted by atomic mass is 16.6. The van der Waals surface area contributed by atoms with E-state index in [9.17, 15) is 9.59 Å². The lowest BCUT2D eigenvalue weighted by molar-refractivity contribution is 0.0981. The van der Waals surface area contributed by atoms with Crippen LogP contribution in [-0.4, -0.2) is 36.2 Å². The lowest BCUT2D eigenvalue weighted by atomic mass is 9.95. The Morgan fingerprint density at radius 1 is 1.03 bits per heavy atom. The summed E-state index contributed by atoms with van der Waals surface area (Å²) in [5.74, 6) is -0.0286. The Labute approximate surface area is 200 Å². The minimum atomic E-state index is -0.355. The predicted molar refractivity (Wildman–Crippen MR) is 136 cm³/mol. The molecule has 1 atom stereocenters. The summed E-state index contributed by atoms with van der Waals surface area (Å²) < 4.78 is 5.39. The number of carbonyl (C=O) groups is 2. The molecule has 2 aromatic carbocycles. The standard InChI is InChI=1S/C28H33N3O3/c1-5-20-16-30(25-13-17(3)18(4)14-26(25)31(20)28(33)34-6-2)27(32)19-11-12-24-22(15-19)21-9-7-8-10-23(21)29-24/h11-15,20,29H,5-10,16H2,1-4H3. The number of H-pyrrole nitrogens is 1. The molecule has 2 amide bonds. The maximum absolute atomic E-state index is 13.9. The molecule has 1 aromatic heterocycles. The largest absolute Gasteiger partial charge is 0.449 e. The molecule has 1 unspecified atom stereocenters. The highest BCUT2D eigenvalue weighted by Gasteiger charge is 2.37. The van der Waals surface area contributed by atoms with Crippen LogP contribution in [0.15, 0.2) is 30.3 Å². The van der Waals surface area contributed by atoms with Crippen LogP contribution in [0.3, 0.4) is 0 Å². The molecule has 0 saturated heterocycles. The molecule has 3 aromatic rings. The Bertz CT molecular complexity index is 1280. The highest BCUT2D eigenvalue weighted by molar-refractivity contribution is 6.11. The molecule has 0 saturated carbocycles. The Balaban J connectivity index is 1.59. The molecular formula is C28H33N3O3. The third kappa shape index (κ3) is 3.65. The van der Waals surface area contributed by atoms with Gasteiger partial charge in [0.25, 0.3) is 5.91 Å². The maximum atomic E-state index is 13.9. The van der Waals surface area contributed by atoms with E-state index in [-0.39, 0.29) is 18.0 Å². The SMILES string of the molecule is CCOC(=O)N1c2cc(C)c(C)cc2N(C(=O)c2ccc3[nH]c4c(c3c2)CCCC4)CC1CC. The van der Waals surface area contributed by atoms with E-state index in [1.807, 2.05) is 56.9 Å². The van der Waals surface area contributed by atoms with Gasteiger partial charge in [-0.2, -0.15) is 0 Å². The average Bonchev–Trinajstić information content (AvgIpc) is 3.21. The van der Waals surface area contributed by atoms with Crippen molar-refractivity contribution in [3.63, 3.8) is 0 Å². The topological polar surface area (TPSA) is 65.6 Å². The van der Waals surface area contributed by atoms with Crippen molar-refractivity contribution >= 4 is 34.3 Å². The molecule has 1 N–H and O–H groups in total. The van der Waals surface area contributed by atoms with Crippen LogP contribution in [0.4, 0.5) is 16.2 Å². The monoisotopic (exact) mass is 459 g/mol. The van der Waals surface area contributed by atoms with E-state index in [0.29, 0.717) is 18.7 Å². The Morgan fingerprint density at radius 3 is 2.50 bits per heavy atom. The molecule has 178 valence electrons. The second-order valence-electron chi connectivity index (χ2n) is 9.52. The Morgan fingerprint density at radius 2 is 1.76 bits per heavy atom. The van der Waals surface area contributed by atoms with Gasteiger partial charge in [-0.3, -0.25) is 9.69 Å². The number of amides is 2. The molecule has 2 aliphatic rings. The average molecular weight is 460 g/mol. The fraction of sp³-hybridized carbons (Fsp3) is 0.429. The van der Waals surface area contributed by atoms with Crippen LogP contribution in [0.25, 0.3) is 10.9 Å². The molecule has 5 rings (SSSR count). The Hall–Kier alpha value is -3.28. The minimum absolute atomic E-state index is 0.0286. The molecule has 0 spiro atoms. The van der Waals surface area contributed by atoms with Crippen LogP contribution in [0.2, 0.25) is 0 Å². The van der Waals surface area contributed by atoms with Gasteiger partial charge in [-0.1, -0.05) is 6.92 Å². The number of carbonyl (C=O) groups excluding carboxylic acids is 2. The summed E-state index contributed by atoms with van der Waals surface area (Å²) >= 11 is 0. The van der Waals surface area contributed by atoms with Crippen molar-refractivity contribution < 1.29 is 14.3 Å². The Kier molecular flexibility index (Phi) is 5.84. The van der Waals surface area contributed by atoms with Gasteiger partial charge in [-0.15, -0.1) is 0 Å². The van der Waals surface area contributed by atoms with Gasteiger partial charge in [-0.05, 0) is 99.9 Å². The molecule has 1 aliphatic carbocycles. The fourth-order valence-electron chi connectivity index (χ4n) is 5.42. The number of hydrogen-bond donors (Lipinski definition) is 1. The van der Waals surface area contributed by atoms with E-state index in [1.165, 1.54) is 24.1 Å². The lowest BCUT2D eigenvalue weighted by Crippen LogP contribution is -2.53. The second-order valence-corrected chi connectivity index (χ2v) is 9.52. The van der Waals surface area contributed by atoms with Gasteiger partial charge in [0.15, 0.2) is 0 Å². The van der Waals surface area contributed by atoms with Crippen molar-refractivity contribution in [1.82, 2.24) is 4.98 Å². The summed E-state index contributed by atoms with van der Waals surface area (Å²) in [5, 5.41) is 1.16. The number of fused-ring (bicyclic) bond motifs is 4. The van der Waals surface area contributed by atoms with Gasteiger partial charge in [0.1, 0.15) is 0 Å². The summed E-state index contributed by atoms with van der Waals surface area (Å²) in [6.45, 7) is 8.68. The zero-order valence-electron chi connectivity index (χ0n) is 20.5. The van der Waals surface area contributed by atoms with E-state index in [0.717, 1.165) is 52.7 Å². The predicted octanol–water partition coefficient (Wildman–Crippen LogP) is 6.07. The first-order chi connectivity index (χ1) is 16.4. The number of ether oxygens (including phenoxy) is 1. The van der Waals surface area contributed by atoms with Crippen molar-refractivity contribution in [2.24, 2.45) is 0 Å². The van der Waals surface area contributed by atoms with Crippen molar-refractivity contribution in [2.45, 2.75) is 65.8 Å². The zero-order valence-corrected chi connectivity index (χ0v) is 20.5. The van der Waals surface area contributed by atoms with Crippen LogP contribution < -0.4 is 9.80 Å². The summed E-state index contributed by atoms with van der Waals surface area (Å²) in [7, 11) is 0. The smallest absolute Gasteiger partial charge is 0.414 e. The number of aromatic nitrogens is 1. The van der Waals surface area contributed by atoms with E-state index >= 15 is 0 Å². The van der Waals surface area contributed by atoms with Crippen LogP contribution in [0.1, 0.15) is 65.9 Å². The molecule has 6 nitrogen and oxygen atoms in total. The normalized spacial score (nSPS) is 17.5. The van der Waals surface area contributed by atoms with Crippen LogP contribution in [-0.2, 0) is 17.6 Å². The van der Waals surface area contributed by atoms with Gasteiger partial charge in [0.2, 0.25) is 0 Å². The van der Waals surface area contributed by atoms with Crippen LogP contribution in [0, 0.1) is 13.8 Å². The highest BCUT2D eigenvalue weighted by Crippen LogP contribution is 2.40. The zero-order chi connectivity index (χ0) is 24.0. The number of rotatable bonds is 3. The first-order valence-corrected chi connectivity index (χ1v) is 12.5. The minimum Gasteiger partial charge on any atom is -0.449 e. The molecule has 6 heteroatoms. The van der Waals surface area contributed by atoms with Gasteiger partial charge in [-0.25, -0.2) is 4.79 Å².